The number of unbranched alkanes of at least 4 members (excludes halogenated alkanes) is 1. The Hall–Kier alpha value is -1.51. The van der Waals surface area contributed by atoms with Crippen LogP contribution in [0, 0.1) is 0 Å². The highest BCUT2D eigenvalue weighted by Gasteiger charge is 2.08. The molecular formula is C11H13O3-. The summed E-state index contributed by atoms with van der Waals surface area (Å²) in [4.78, 5) is 10.8. The largest absolute Gasteiger partial charge is 0.872 e. The molecule has 0 fully saturated rings. The molecule has 1 N–H and O–H groups in total. The molecule has 0 bridgehead atoms. The van der Waals surface area contributed by atoms with Gasteiger partial charge in [0.25, 0.3) is 0 Å². The molecule has 14 heavy (non-hydrogen) atoms. The molecule has 0 aliphatic rings. The van der Waals surface area contributed by atoms with E-state index in [0.29, 0.717) is 12.0 Å². The monoisotopic (exact) mass is 193 g/mol. The summed E-state index contributed by atoms with van der Waals surface area (Å²) < 4.78 is 0. The van der Waals surface area contributed by atoms with Crippen LogP contribution in [0.2, 0.25) is 0 Å². The van der Waals surface area contributed by atoms with Crippen molar-refractivity contribution in [2.45, 2.75) is 26.2 Å². The topological polar surface area (TPSA) is 60.4 Å². The Bertz CT molecular complexity index is 331. The van der Waals surface area contributed by atoms with Gasteiger partial charge < -0.3 is 10.2 Å². The van der Waals surface area contributed by atoms with E-state index in [1.807, 2.05) is 6.92 Å². The van der Waals surface area contributed by atoms with Gasteiger partial charge in [0.15, 0.2) is 0 Å². The molecule has 1 aromatic carbocycles. The average Bonchev–Trinajstić information content (AvgIpc) is 2.15. The molecule has 0 aliphatic carbocycles. The van der Waals surface area contributed by atoms with Crippen LogP contribution in [0.1, 0.15) is 35.7 Å². The Morgan fingerprint density at radius 3 is 2.79 bits per heavy atom. The van der Waals surface area contributed by atoms with E-state index in [2.05, 4.69) is 0 Å². The van der Waals surface area contributed by atoms with Crippen molar-refractivity contribution in [2.75, 3.05) is 0 Å². The maximum absolute atomic E-state index is 11.4. The van der Waals surface area contributed by atoms with E-state index in [4.69, 9.17) is 5.11 Å². The number of aromatic carboxylic acids is 1. The summed E-state index contributed by atoms with van der Waals surface area (Å²) in [6.07, 6.45) is 2.35. The minimum atomic E-state index is -1.02. The Morgan fingerprint density at radius 2 is 2.21 bits per heavy atom. The summed E-state index contributed by atoms with van der Waals surface area (Å²) in [6, 6.07) is 4.38. The van der Waals surface area contributed by atoms with E-state index in [1.54, 1.807) is 0 Å². The predicted molar refractivity (Wildman–Crippen MR) is 51.5 cm³/mol. The first-order valence-electron chi connectivity index (χ1n) is 4.69. The lowest BCUT2D eigenvalue weighted by atomic mass is 10.0. The zero-order chi connectivity index (χ0) is 10.6. The number of hydrogen-bond acceptors (Lipinski definition) is 2. The van der Waals surface area contributed by atoms with Gasteiger partial charge in [0.1, 0.15) is 0 Å². The number of carboxylic acids is 1. The molecule has 0 radical (unpaired) electrons. The lowest BCUT2D eigenvalue weighted by molar-refractivity contribution is -0.269. The fourth-order valence-corrected chi connectivity index (χ4v) is 1.38. The van der Waals surface area contributed by atoms with Crippen molar-refractivity contribution in [2.24, 2.45) is 0 Å². The summed E-state index contributed by atoms with van der Waals surface area (Å²) in [5, 5.41) is 20.2. The van der Waals surface area contributed by atoms with Crippen molar-refractivity contribution in [3.05, 3.63) is 29.3 Å². The second-order valence-electron chi connectivity index (χ2n) is 3.19. The van der Waals surface area contributed by atoms with Crippen LogP contribution < -0.4 is 5.11 Å². The first kappa shape index (κ1) is 10.6. The van der Waals surface area contributed by atoms with Crippen LogP contribution in [0.3, 0.4) is 0 Å². The molecule has 0 heterocycles. The highest BCUT2D eigenvalue weighted by atomic mass is 16.4. The van der Waals surface area contributed by atoms with E-state index in [0.717, 1.165) is 12.8 Å². The van der Waals surface area contributed by atoms with Crippen molar-refractivity contribution in [3.8, 4) is 5.75 Å². The molecule has 1 rings (SSSR count). The number of carbonyl (C=O) groups is 1. The molecule has 1 aromatic rings. The molecule has 0 aromatic heterocycles. The predicted octanol–water partition coefficient (Wildman–Crippen LogP) is 1.80. The third kappa shape index (κ3) is 2.25. The molecule has 0 atom stereocenters. The molecule has 0 spiro atoms. The summed E-state index contributed by atoms with van der Waals surface area (Å²) >= 11 is 0. The van der Waals surface area contributed by atoms with Crippen LogP contribution in [0.5, 0.6) is 5.75 Å². The molecule has 0 amide bonds. The minimum absolute atomic E-state index is 0.144. The van der Waals surface area contributed by atoms with Gasteiger partial charge >= 0.3 is 5.97 Å². The molecular weight excluding hydrogens is 180 g/mol. The summed E-state index contributed by atoms with van der Waals surface area (Å²) in [7, 11) is 0. The number of hydrogen-bond donors (Lipinski definition) is 1. The molecule has 3 nitrogen and oxygen atoms in total. The van der Waals surface area contributed by atoms with E-state index >= 15 is 0 Å². The van der Waals surface area contributed by atoms with E-state index in [-0.39, 0.29) is 11.3 Å². The first-order valence-corrected chi connectivity index (χ1v) is 4.69. The van der Waals surface area contributed by atoms with Gasteiger partial charge in [0.05, 0.1) is 5.56 Å². The SMILES string of the molecule is CCCCc1c([O-])cccc1C(=O)O. The van der Waals surface area contributed by atoms with Crippen LogP contribution in [-0.4, -0.2) is 11.1 Å². The maximum Gasteiger partial charge on any atom is 0.335 e. The van der Waals surface area contributed by atoms with Gasteiger partial charge in [-0.3, -0.25) is 0 Å². The Morgan fingerprint density at radius 1 is 1.50 bits per heavy atom. The van der Waals surface area contributed by atoms with Gasteiger partial charge in [-0.05, 0) is 24.5 Å². The van der Waals surface area contributed by atoms with Gasteiger partial charge in [-0.25, -0.2) is 4.79 Å². The van der Waals surface area contributed by atoms with E-state index in [1.165, 1.54) is 18.2 Å². The third-order valence-corrected chi connectivity index (χ3v) is 2.14. The number of carboxylic acid groups (broad SMARTS) is 1. The zero-order valence-electron chi connectivity index (χ0n) is 8.12. The normalized spacial score (nSPS) is 10.1. The van der Waals surface area contributed by atoms with Crippen LogP contribution in [0.15, 0.2) is 18.2 Å². The molecule has 0 saturated carbocycles. The zero-order valence-corrected chi connectivity index (χ0v) is 8.12. The quantitative estimate of drug-likeness (QED) is 0.793. The molecule has 0 unspecified atom stereocenters. The van der Waals surface area contributed by atoms with Crippen molar-refractivity contribution in [3.63, 3.8) is 0 Å². The van der Waals surface area contributed by atoms with E-state index < -0.39 is 5.97 Å². The molecule has 0 aliphatic heterocycles. The van der Waals surface area contributed by atoms with Gasteiger partial charge in [-0.15, -0.1) is 5.75 Å². The van der Waals surface area contributed by atoms with Gasteiger partial charge in [0, 0.05) is 0 Å². The standard InChI is InChI=1S/C11H14O3/c1-2-3-5-8-9(11(13)14)6-4-7-10(8)12/h4,6-7,12H,2-3,5H2,1H3,(H,13,14)/p-1. The molecule has 0 saturated heterocycles. The summed E-state index contributed by atoms with van der Waals surface area (Å²) in [5.41, 5.74) is 0.577. The van der Waals surface area contributed by atoms with Gasteiger partial charge in [-0.1, -0.05) is 25.5 Å². The second-order valence-corrected chi connectivity index (χ2v) is 3.19. The van der Waals surface area contributed by atoms with Crippen LogP contribution in [0.25, 0.3) is 0 Å². The fraction of sp³-hybridized carbons (Fsp3) is 0.364. The van der Waals surface area contributed by atoms with Crippen molar-refractivity contribution in [1.29, 1.82) is 0 Å². The Labute approximate surface area is 83.0 Å². The lowest BCUT2D eigenvalue weighted by Crippen LogP contribution is -2.06. The van der Waals surface area contributed by atoms with Crippen LogP contribution in [0.4, 0.5) is 0 Å². The van der Waals surface area contributed by atoms with Crippen molar-refractivity contribution in [1.82, 2.24) is 0 Å². The highest BCUT2D eigenvalue weighted by Crippen LogP contribution is 2.20. The van der Waals surface area contributed by atoms with Crippen molar-refractivity contribution < 1.29 is 15.0 Å². The number of rotatable bonds is 4. The first-order chi connectivity index (χ1) is 6.66. The van der Waals surface area contributed by atoms with Crippen molar-refractivity contribution >= 4 is 5.97 Å². The lowest BCUT2D eigenvalue weighted by Gasteiger charge is -2.15. The third-order valence-electron chi connectivity index (χ3n) is 2.14. The molecule has 76 valence electrons. The van der Waals surface area contributed by atoms with Gasteiger partial charge in [0.2, 0.25) is 0 Å². The average molecular weight is 193 g/mol. The summed E-state index contributed by atoms with van der Waals surface area (Å²) in [6.45, 7) is 2.01. The maximum atomic E-state index is 11.4. The van der Waals surface area contributed by atoms with Gasteiger partial charge in [-0.2, -0.15) is 0 Å². The number of benzene rings is 1. The van der Waals surface area contributed by atoms with Crippen LogP contribution >= 0.6 is 0 Å². The summed E-state index contributed by atoms with van der Waals surface area (Å²) in [5.74, 6) is -1.19. The smallest absolute Gasteiger partial charge is 0.335 e. The Balaban J connectivity index is 3.02. The molecule has 3 heteroatoms. The van der Waals surface area contributed by atoms with E-state index in [9.17, 15) is 9.90 Å². The highest BCUT2D eigenvalue weighted by molar-refractivity contribution is 5.90. The second kappa shape index (κ2) is 4.65. The minimum Gasteiger partial charge on any atom is -0.872 e. The fourth-order valence-electron chi connectivity index (χ4n) is 1.38. The van der Waals surface area contributed by atoms with Crippen LogP contribution in [-0.2, 0) is 6.42 Å². The Kier molecular flexibility index (Phi) is 3.51.